The van der Waals surface area contributed by atoms with Gasteiger partial charge in [-0.25, -0.2) is 4.79 Å². The van der Waals surface area contributed by atoms with Crippen LogP contribution in [-0.2, 0) is 16.0 Å². The fraction of sp³-hybridized carbons (Fsp3) is 0.412. The number of pyridine rings is 1. The third kappa shape index (κ3) is 2.90. The summed E-state index contributed by atoms with van der Waals surface area (Å²) in [6.07, 6.45) is 5.09. The molecule has 1 aromatic carbocycles. The fourth-order valence-electron chi connectivity index (χ4n) is 2.84. The highest BCUT2D eigenvalue weighted by Crippen LogP contribution is 2.16. The zero-order chi connectivity index (χ0) is 15.5. The number of hydrogen-bond acceptors (Lipinski definition) is 4. The number of benzene rings is 1. The summed E-state index contributed by atoms with van der Waals surface area (Å²) in [7, 11) is 1.33. The first-order chi connectivity index (χ1) is 10.7. The smallest absolute Gasteiger partial charge is 0.337 e. The van der Waals surface area contributed by atoms with Gasteiger partial charge in [0.05, 0.1) is 25.3 Å². The summed E-state index contributed by atoms with van der Waals surface area (Å²) < 4.78 is 12.1. The zero-order valence-electron chi connectivity index (χ0n) is 12.6. The van der Waals surface area contributed by atoms with E-state index in [2.05, 4.69) is 0 Å². The van der Waals surface area contributed by atoms with Crippen LogP contribution in [0.5, 0.6) is 0 Å². The molecule has 1 atom stereocenters. The standard InChI is InChI=1S/C17H19NO4/c1-21-17(20)13-6-5-12-7-8-18(16(19)15(12)10-13)11-14-4-2-3-9-22-14/h5-8,10,14H,2-4,9,11H2,1H3. The van der Waals surface area contributed by atoms with Gasteiger partial charge in [-0.1, -0.05) is 6.07 Å². The maximum Gasteiger partial charge on any atom is 0.337 e. The van der Waals surface area contributed by atoms with E-state index in [1.165, 1.54) is 7.11 Å². The molecule has 1 saturated heterocycles. The molecule has 0 amide bonds. The van der Waals surface area contributed by atoms with E-state index in [9.17, 15) is 9.59 Å². The molecule has 3 rings (SSSR count). The Hall–Kier alpha value is -2.14. The molecule has 0 saturated carbocycles. The van der Waals surface area contributed by atoms with E-state index in [1.54, 1.807) is 29.0 Å². The number of rotatable bonds is 3. The highest BCUT2D eigenvalue weighted by atomic mass is 16.5. The second-order valence-electron chi connectivity index (χ2n) is 5.56. The number of ether oxygens (including phenoxy) is 2. The number of hydrogen-bond donors (Lipinski definition) is 0. The first kappa shape index (κ1) is 14.8. The van der Waals surface area contributed by atoms with Crippen molar-refractivity contribution < 1.29 is 14.3 Å². The van der Waals surface area contributed by atoms with E-state index in [0.717, 1.165) is 31.3 Å². The van der Waals surface area contributed by atoms with Crippen LogP contribution in [0.15, 0.2) is 35.3 Å². The van der Waals surface area contributed by atoms with Crippen molar-refractivity contribution in [2.75, 3.05) is 13.7 Å². The topological polar surface area (TPSA) is 57.5 Å². The Morgan fingerprint density at radius 2 is 2.23 bits per heavy atom. The molecule has 22 heavy (non-hydrogen) atoms. The van der Waals surface area contributed by atoms with Crippen LogP contribution in [0.1, 0.15) is 29.6 Å². The first-order valence-corrected chi connectivity index (χ1v) is 7.52. The number of nitrogens with zero attached hydrogens (tertiary/aromatic N) is 1. The van der Waals surface area contributed by atoms with Crippen molar-refractivity contribution in [1.82, 2.24) is 4.57 Å². The van der Waals surface area contributed by atoms with Crippen LogP contribution in [0.25, 0.3) is 10.8 Å². The Morgan fingerprint density at radius 1 is 1.36 bits per heavy atom. The van der Waals surface area contributed by atoms with E-state index < -0.39 is 5.97 Å². The summed E-state index contributed by atoms with van der Waals surface area (Å²) in [5, 5.41) is 1.35. The van der Waals surface area contributed by atoms with Crippen molar-refractivity contribution in [2.24, 2.45) is 0 Å². The van der Waals surface area contributed by atoms with E-state index >= 15 is 0 Å². The number of methoxy groups -OCH3 is 1. The molecule has 5 nitrogen and oxygen atoms in total. The lowest BCUT2D eigenvalue weighted by atomic mass is 10.1. The van der Waals surface area contributed by atoms with E-state index in [-0.39, 0.29) is 11.7 Å². The van der Waals surface area contributed by atoms with E-state index in [0.29, 0.717) is 17.5 Å². The third-order valence-corrected chi connectivity index (χ3v) is 4.07. The summed E-state index contributed by atoms with van der Waals surface area (Å²) in [6, 6.07) is 6.93. The fourth-order valence-corrected chi connectivity index (χ4v) is 2.84. The average molecular weight is 301 g/mol. The summed E-state index contributed by atoms with van der Waals surface area (Å²) in [5.41, 5.74) is 0.288. The molecular formula is C17H19NO4. The second-order valence-corrected chi connectivity index (χ2v) is 5.56. The van der Waals surface area contributed by atoms with Gasteiger partial charge in [-0.2, -0.15) is 0 Å². The van der Waals surface area contributed by atoms with Gasteiger partial charge in [-0.3, -0.25) is 4.79 Å². The minimum atomic E-state index is -0.438. The number of esters is 1. The minimum Gasteiger partial charge on any atom is -0.465 e. The van der Waals surface area contributed by atoms with Crippen LogP contribution in [0.4, 0.5) is 0 Å². The molecule has 0 bridgehead atoms. The molecule has 1 aliphatic heterocycles. The molecule has 116 valence electrons. The number of aromatic nitrogens is 1. The first-order valence-electron chi connectivity index (χ1n) is 7.52. The van der Waals surface area contributed by atoms with Crippen molar-refractivity contribution in [3.63, 3.8) is 0 Å². The quantitative estimate of drug-likeness (QED) is 0.817. The van der Waals surface area contributed by atoms with E-state index in [4.69, 9.17) is 9.47 Å². The van der Waals surface area contributed by atoms with Gasteiger partial charge in [0.2, 0.25) is 0 Å². The summed E-state index contributed by atoms with van der Waals surface area (Å²) in [4.78, 5) is 24.2. The van der Waals surface area contributed by atoms with Gasteiger partial charge >= 0.3 is 5.97 Å². The number of carbonyl (C=O) groups excluding carboxylic acids is 1. The van der Waals surface area contributed by atoms with Gasteiger partial charge in [0.1, 0.15) is 0 Å². The Morgan fingerprint density at radius 3 is 2.95 bits per heavy atom. The summed E-state index contributed by atoms with van der Waals surface area (Å²) >= 11 is 0. The minimum absolute atomic E-state index is 0.0905. The maximum absolute atomic E-state index is 12.6. The van der Waals surface area contributed by atoms with Crippen molar-refractivity contribution in [2.45, 2.75) is 31.9 Å². The predicted octanol–water partition coefficient (Wildman–Crippen LogP) is 2.36. The predicted molar refractivity (Wildman–Crippen MR) is 83.1 cm³/mol. The van der Waals surface area contributed by atoms with Crippen LogP contribution in [0, 0.1) is 0 Å². The van der Waals surface area contributed by atoms with Crippen LogP contribution in [0.3, 0.4) is 0 Å². The molecule has 2 heterocycles. The molecule has 0 radical (unpaired) electrons. The maximum atomic E-state index is 12.6. The molecule has 1 unspecified atom stereocenters. The molecule has 1 fully saturated rings. The molecular weight excluding hydrogens is 282 g/mol. The van der Waals surface area contributed by atoms with Crippen molar-refractivity contribution in [1.29, 1.82) is 0 Å². The van der Waals surface area contributed by atoms with Crippen LogP contribution >= 0.6 is 0 Å². The largest absolute Gasteiger partial charge is 0.465 e. The Bertz CT molecular complexity index is 744. The Balaban J connectivity index is 1.96. The Labute approximate surface area is 128 Å². The van der Waals surface area contributed by atoms with Gasteiger partial charge in [0.15, 0.2) is 0 Å². The lowest BCUT2D eigenvalue weighted by Crippen LogP contribution is -2.30. The van der Waals surface area contributed by atoms with Gasteiger partial charge in [-0.05, 0) is 42.8 Å². The highest BCUT2D eigenvalue weighted by Gasteiger charge is 2.16. The third-order valence-electron chi connectivity index (χ3n) is 4.07. The van der Waals surface area contributed by atoms with Gasteiger partial charge in [0.25, 0.3) is 5.56 Å². The van der Waals surface area contributed by atoms with Crippen molar-refractivity contribution in [3.8, 4) is 0 Å². The highest BCUT2D eigenvalue weighted by molar-refractivity contribution is 5.95. The van der Waals surface area contributed by atoms with Crippen LogP contribution in [0.2, 0.25) is 0 Å². The number of carbonyl (C=O) groups is 1. The summed E-state index contributed by atoms with van der Waals surface area (Å²) in [6.45, 7) is 1.32. The molecule has 0 spiro atoms. The second kappa shape index (κ2) is 6.32. The molecule has 0 aliphatic carbocycles. The van der Waals surface area contributed by atoms with E-state index in [1.807, 2.05) is 6.07 Å². The normalized spacial score (nSPS) is 18.3. The molecule has 5 heteroatoms. The zero-order valence-corrected chi connectivity index (χ0v) is 12.6. The molecule has 1 aromatic heterocycles. The Kier molecular flexibility index (Phi) is 4.24. The molecule has 0 N–H and O–H groups in total. The average Bonchev–Trinajstić information content (AvgIpc) is 2.57. The summed E-state index contributed by atoms with van der Waals surface area (Å²) in [5.74, 6) is -0.438. The SMILES string of the molecule is COC(=O)c1ccc2ccn(CC3CCCCO3)c(=O)c2c1. The van der Waals surface area contributed by atoms with Gasteiger partial charge in [0, 0.05) is 18.2 Å². The molecule has 2 aromatic rings. The van der Waals surface area contributed by atoms with Crippen molar-refractivity contribution >= 4 is 16.7 Å². The lowest BCUT2D eigenvalue weighted by Gasteiger charge is -2.23. The van der Waals surface area contributed by atoms with Crippen molar-refractivity contribution in [3.05, 3.63) is 46.4 Å². The monoisotopic (exact) mass is 301 g/mol. The molecule has 1 aliphatic rings. The number of fused-ring (bicyclic) bond motifs is 1. The van der Waals surface area contributed by atoms with Gasteiger partial charge in [-0.15, -0.1) is 0 Å². The van der Waals surface area contributed by atoms with Crippen LogP contribution in [-0.4, -0.2) is 30.4 Å². The van der Waals surface area contributed by atoms with Crippen LogP contribution < -0.4 is 5.56 Å². The van der Waals surface area contributed by atoms with Gasteiger partial charge < -0.3 is 14.0 Å². The lowest BCUT2D eigenvalue weighted by molar-refractivity contribution is 0.00551.